The Kier molecular flexibility index (Phi) is 5.32. The molecule has 3 heterocycles. The van der Waals surface area contributed by atoms with Crippen molar-refractivity contribution >= 4 is 11.8 Å². The number of benzene rings is 1. The van der Waals surface area contributed by atoms with Crippen molar-refractivity contribution in [3.05, 3.63) is 53.9 Å². The first kappa shape index (κ1) is 20.3. The minimum Gasteiger partial charge on any atom is -0.341 e. The summed E-state index contributed by atoms with van der Waals surface area (Å²) in [7, 11) is 0. The van der Waals surface area contributed by atoms with Crippen LogP contribution in [0.1, 0.15) is 62.1 Å². The van der Waals surface area contributed by atoms with Gasteiger partial charge in [0.2, 0.25) is 11.8 Å². The molecule has 2 saturated heterocycles. The van der Waals surface area contributed by atoms with Crippen LogP contribution in [0.4, 0.5) is 0 Å². The van der Waals surface area contributed by atoms with Crippen LogP contribution in [-0.4, -0.2) is 50.5 Å². The van der Waals surface area contributed by atoms with Crippen LogP contribution in [0.5, 0.6) is 0 Å². The molecule has 1 aromatic carbocycles. The van der Waals surface area contributed by atoms with E-state index in [1.165, 1.54) is 12.0 Å². The molecule has 5 rings (SSSR count). The molecule has 2 amide bonds. The van der Waals surface area contributed by atoms with E-state index in [2.05, 4.69) is 34.3 Å². The molecule has 1 unspecified atom stereocenters. The summed E-state index contributed by atoms with van der Waals surface area (Å²) in [5.74, 6) is 0.470. The Bertz CT molecular complexity index is 939. The first-order valence-corrected chi connectivity index (χ1v) is 11.7. The van der Waals surface area contributed by atoms with Crippen molar-refractivity contribution in [2.24, 2.45) is 5.41 Å². The van der Waals surface area contributed by atoms with Gasteiger partial charge >= 0.3 is 0 Å². The molecule has 0 radical (unpaired) electrons. The van der Waals surface area contributed by atoms with Gasteiger partial charge in [-0.3, -0.25) is 14.3 Å². The van der Waals surface area contributed by atoms with Crippen LogP contribution < -0.4 is 0 Å². The van der Waals surface area contributed by atoms with E-state index in [0.29, 0.717) is 19.0 Å². The monoisotopic (exact) mass is 420 g/mol. The van der Waals surface area contributed by atoms with E-state index in [1.807, 2.05) is 24.1 Å². The fraction of sp³-hybridized carbons (Fsp3) is 0.560. The van der Waals surface area contributed by atoms with E-state index in [4.69, 9.17) is 0 Å². The maximum Gasteiger partial charge on any atom is 0.244 e. The smallest absolute Gasteiger partial charge is 0.244 e. The topological polar surface area (TPSA) is 58.4 Å². The maximum atomic E-state index is 13.5. The van der Waals surface area contributed by atoms with Gasteiger partial charge in [-0.25, -0.2) is 0 Å². The van der Waals surface area contributed by atoms with Crippen LogP contribution in [0, 0.1) is 12.3 Å². The SMILES string of the molecule is Cc1cnn(CC(=O)N2CCC(N3C(=O)C4(CCCCC4)C3c3ccccc3)CC2)c1. The quantitative estimate of drug-likeness (QED) is 0.709. The number of rotatable bonds is 4. The maximum absolute atomic E-state index is 13.5. The summed E-state index contributed by atoms with van der Waals surface area (Å²) in [6.07, 6.45) is 11.0. The van der Waals surface area contributed by atoms with Gasteiger partial charge in [0.15, 0.2) is 0 Å². The molecule has 3 aliphatic rings. The minimum absolute atomic E-state index is 0.111. The molecule has 1 aromatic heterocycles. The van der Waals surface area contributed by atoms with Gasteiger partial charge in [-0.15, -0.1) is 0 Å². The number of amides is 2. The third-order valence-corrected chi connectivity index (χ3v) is 7.59. The van der Waals surface area contributed by atoms with Crippen LogP contribution in [0.2, 0.25) is 0 Å². The molecule has 3 fully saturated rings. The molecule has 1 saturated carbocycles. The van der Waals surface area contributed by atoms with Crippen molar-refractivity contribution in [2.45, 2.75) is 70.5 Å². The molecule has 2 aromatic rings. The van der Waals surface area contributed by atoms with E-state index in [0.717, 1.165) is 44.1 Å². The molecule has 1 spiro atoms. The number of nitrogens with zero attached hydrogens (tertiary/aromatic N) is 4. The number of β-lactam (4-membered cyclic amide) rings is 1. The summed E-state index contributed by atoms with van der Waals surface area (Å²) >= 11 is 0. The van der Waals surface area contributed by atoms with Gasteiger partial charge < -0.3 is 9.80 Å². The average Bonchev–Trinajstić information content (AvgIpc) is 3.22. The second kappa shape index (κ2) is 8.13. The van der Waals surface area contributed by atoms with Crippen LogP contribution in [-0.2, 0) is 16.1 Å². The van der Waals surface area contributed by atoms with Gasteiger partial charge in [0.25, 0.3) is 0 Å². The lowest BCUT2D eigenvalue weighted by Crippen LogP contribution is -2.67. The molecule has 6 nitrogen and oxygen atoms in total. The first-order valence-electron chi connectivity index (χ1n) is 11.7. The summed E-state index contributed by atoms with van der Waals surface area (Å²) in [6.45, 7) is 3.69. The standard InChI is InChI=1S/C25H32N4O2/c1-19-16-26-28(17-19)18-22(30)27-14-10-21(11-15-27)29-23(20-8-4-2-5-9-20)25(24(29)31)12-6-3-7-13-25/h2,4-5,8-9,16-17,21,23H,3,6-7,10-15,18H2,1H3. The highest BCUT2D eigenvalue weighted by Crippen LogP contribution is 2.59. The van der Waals surface area contributed by atoms with Crippen LogP contribution in [0.15, 0.2) is 42.7 Å². The van der Waals surface area contributed by atoms with Crippen molar-refractivity contribution in [3.63, 3.8) is 0 Å². The van der Waals surface area contributed by atoms with Gasteiger partial charge in [0, 0.05) is 25.3 Å². The van der Waals surface area contributed by atoms with E-state index in [9.17, 15) is 9.59 Å². The lowest BCUT2D eigenvalue weighted by atomic mass is 9.59. The zero-order chi connectivity index (χ0) is 21.4. The zero-order valence-electron chi connectivity index (χ0n) is 18.4. The number of piperidine rings is 1. The van der Waals surface area contributed by atoms with Gasteiger partial charge in [0.1, 0.15) is 6.54 Å². The van der Waals surface area contributed by atoms with Gasteiger partial charge in [-0.1, -0.05) is 49.6 Å². The number of likely N-dealkylation sites (tertiary alicyclic amines) is 2. The largest absolute Gasteiger partial charge is 0.341 e. The second-order valence-electron chi connectivity index (χ2n) is 9.57. The van der Waals surface area contributed by atoms with E-state index >= 15 is 0 Å². The second-order valence-corrected chi connectivity index (χ2v) is 9.57. The van der Waals surface area contributed by atoms with Crippen molar-refractivity contribution in [1.82, 2.24) is 19.6 Å². The number of hydrogen-bond acceptors (Lipinski definition) is 3. The summed E-state index contributed by atoms with van der Waals surface area (Å²) in [6, 6.07) is 11.0. The van der Waals surface area contributed by atoms with E-state index in [1.54, 1.807) is 10.9 Å². The normalized spacial score (nSPS) is 23.8. The zero-order valence-corrected chi connectivity index (χ0v) is 18.4. The lowest BCUT2D eigenvalue weighted by molar-refractivity contribution is -0.186. The van der Waals surface area contributed by atoms with Gasteiger partial charge in [-0.2, -0.15) is 5.10 Å². The Labute approximate surface area is 184 Å². The Hall–Kier alpha value is -2.63. The molecule has 1 aliphatic carbocycles. The Morgan fingerprint density at radius 3 is 2.45 bits per heavy atom. The average molecular weight is 421 g/mol. The van der Waals surface area contributed by atoms with Crippen molar-refractivity contribution in [3.8, 4) is 0 Å². The molecule has 6 heteroatoms. The van der Waals surface area contributed by atoms with Crippen LogP contribution in [0.25, 0.3) is 0 Å². The molecular weight excluding hydrogens is 388 g/mol. The van der Waals surface area contributed by atoms with Gasteiger partial charge in [-0.05, 0) is 43.7 Å². The Morgan fingerprint density at radius 2 is 1.81 bits per heavy atom. The fourth-order valence-electron chi connectivity index (χ4n) is 6.04. The molecule has 0 N–H and O–H groups in total. The molecular formula is C25H32N4O2. The van der Waals surface area contributed by atoms with Crippen LogP contribution in [0.3, 0.4) is 0 Å². The van der Waals surface area contributed by atoms with Gasteiger partial charge in [0.05, 0.1) is 17.7 Å². The fourth-order valence-corrected chi connectivity index (χ4v) is 6.04. The minimum atomic E-state index is -0.190. The van der Waals surface area contributed by atoms with E-state index < -0.39 is 0 Å². The third-order valence-electron chi connectivity index (χ3n) is 7.59. The highest BCUT2D eigenvalue weighted by atomic mass is 16.2. The predicted octanol–water partition coefficient (Wildman–Crippen LogP) is 3.72. The third kappa shape index (κ3) is 3.56. The molecule has 31 heavy (non-hydrogen) atoms. The van der Waals surface area contributed by atoms with E-state index in [-0.39, 0.29) is 30.0 Å². The van der Waals surface area contributed by atoms with Crippen molar-refractivity contribution < 1.29 is 9.59 Å². The number of carbonyl (C=O) groups excluding carboxylic acids is 2. The van der Waals surface area contributed by atoms with Crippen LogP contribution >= 0.6 is 0 Å². The number of aryl methyl sites for hydroxylation is 1. The molecule has 0 bridgehead atoms. The predicted molar refractivity (Wildman–Crippen MR) is 118 cm³/mol. The Balaban J connectivity index is 1.28. The molecule has 2 aliphatic heterocycles. The molecule has 164 valence electrons. The number of carbonyl (C=O) groups is 2. The summed E-state index contributed by atoms with van der Waals surface area (Å²) in [5.41, 5.74) is 2.15. The highest BCUT2D eigenvalue weighted by molar-refractivity contribution is 5.91. The lowest BCUT2D eigenvalue weighted by Gasteiger charge is -2.61. The van der Waals surface area contributed by atoms with Crippen molar-refractivity contribution in [2.75, 3.05) is 13.1 Å². The Morgan fingerprint density at radius 1 is 1.10 bits per heavy atom. The summed E-state index contributed by atoms with van der Waals surface area (Å²) in [5, 5.41) is 4.23. The molecule has 1 atom stereocenters. The number of hydrogen-bond donors (Lipinski definition) is 0. The summed E-state index contributed by atoms with van der Waals surface area (Å²) in [4.78, 5) is 30.3. The number of aromatic nitrogens is 2. The highest BCUT2D eigenvalue weighted by Gasteiger charge is 2.62. The summed E-state index contributed by atoms with van der Waals surface area (Å²) < 4.78 is 1.71. The first-order chi connectivity index (χ1) is 15.1. The van der Waals surface area contributed by atoms with Crippen molar-refractivity contribution in [1.29, 1.82) is 0 Å².